The van der Waals surface area contributed by atoms with Crippen molar-refractivity contribution in [1.82, 2.24) is 20.3 Å². The number of nitrogens with zero attached hydrogens (tertiary/aromatic N) is 4. The van der Waals surface area contributed by atoms with Gasteiger partial charge in [0.15, 0.2) is 10.8 Å². The highest BCUT2D eigenvalue weighted by molar-refractivity contribution is 8.00. The molecule has 0 spiro atoms. The number of fused-ring (bicyclic) bond motifs is 1. The zero-order chi connectivity index (χ0) is 17.8. The lowest BCUT2D eigenvalue weighted by molar-refractivity contribution is -0.119. The van der Waals surface area contributed by atoms with Gasteiger partial charge in [-0.2, -0.15) is 4.98 Å². The van der Waals surface area contributed by atoms with E-state index in [1.54, 1.807) is 17.7 Å². The fourth-order valence-corrected chi connectivity index (χ4v) is 5.65. The fraction of sp³-hybridized carbons (Fsp3) is 0.667. The van der Waals surface area contributed by atoms with Gasteiger partial charge in [-0.05, 0) is 25.7 Å². The van der Waals surface area contributed by atoms with Crippen molar-refractivity contribution in [2.45, 2.75) is 62.4 Å². The first-order valence-electron chi connectivity index (χ1n) is 9.58. The molecule has 140 valence electrons. The topological polar surface area (TPSA) is 71.0 Å². The van der Waals surface area contributed by atoms with E-state index in [0.717, 1.165) is 46.4 Å². The minimum absolute atomic E-state index is 0.103. The van der Waals surface area contributed by atoms with E-state index in [4.69, 9.17) is 4.98 Å². The predicted molar refractivity (Wildman–Crippen MR) is 107 cm³/mol. The highest BCUT2D eigenvalue weighted by atomic mass is 32.2. The second kappa shape index (κ2) is 8.52. The second-order valence-electron chi connectivity index (χ2n) is 7.07. The smallest absolute Gasteiger partial charge is 0.230 e. The lowest BCUT2D eigenvalue weighted by Crippen LogP contribution is -2.33. The lowest BCUT2D eigenvalue weighted by atomic mass is 10.2. The molecule has 26 heavy (non-hydrogen) atoms. The Morgan fingerprint density at radius 3 is 2.69 bits per heavy atom. The van der Waals surface area contributed by atoms with Crippen LogP contribution in [0.3, 0.4) is 0 Å². The maximum absolute atomic E-state index is 12.2. The van der Waals surface area contributed by atoms with Crippen LogP contribution in [0, 0.1) is 0 Å². The number of hydrogen-bond acceptors (Lipinski definition) is 7. The monoisotopic (exact) mass is 391 g/mol. The summed E-state index contributed by atoms with van der Waals surface area (Å²) in [5, 5.41) is 5.05. The van der Waals surface area contributed by atoms with Crippen LogP contribution in [0.4, 0.5) is 5.13 Å². The van der Waals surface area contributed by atoms with E-state index in [9.17, 15) is 4.79 Å². The Kier molecular flexibility index (Phi) is 5.89. The average molecular weight is 392 g/mol. The molecule has 2 aliphatic rings. The molecule has 3 heterocycles. The fourth-order valence-electron chi connectivity index (χ4n) is 3.70. The van der Waals surface area contributed by atoms with Gasteiger partial charge in [-0.15, -0.1) is 0 Å². The molecule has 4 rings (SSSR count). The number of rotatable bonds is 5. The van der Waals surface area contributed by atoms with Crippen molar-refractivity contribution in [1.29, 1.82) is 0 Å². The van der Waals surface area contributed by atoms with E-state index in [1.807, 2.05) is 0 Å². The number of anilines is 1. The number of thiazole rings is 1. The summed E-state index contributed by atoms with van der Waals surface area (Å²) in [5.74, 6) is 0.505. The first-order chi connectivity index (χ1) is 12.8. The molecule has 0 unspecified atom stereocenters. The molecule has 1 N–H and O–H groups in total. The Balaban J connectivity index is 1.44. The van der Waals surface area contributed by atoms with Gasteiger partial charge in [-0.3, -0.25) is 4.79 Å². The quantitative estimate of drug-likeness (QED) is 0.620. The maximum atomic E-state index is 12.2. The van der Waals surface area contributed by atoms with E-state index in [-0.39, 0.29) is 5.91 Å². The molecule has 0 atom stereocenters. The zero-order valence-electron chi connectivity index (χ0n) is 14.9. The summed E-state index contributed by atoms with van der Waals surface area (Å²) in [6.07, 6.45) is 11.3. The first-order valence-corrected chi connectivity index (χ1v) is 11.4. The second-order valence-corrected chi connectivity index (χ2v) is 9.01. The minimum atomic E-state index is 0.103. The number of nitrogens with one attached hydrogen (secondary N) is 1. The van der Waals surface area contributed by atoms with Crippen LogP contribution >= 0.6 is 23.1 Å². The van der Waals surface area contributed by atoms with E-state index >= 15 is 0 Å². The third-order valence-corrected chi connectivity index (χ3v) is 7.31. The summed E-state index contributed by atoms with van der Waals surface area (Å²) in [7, 11) is 0. The average Bonchev–Trinajstić information content (AvgIpc) is 3.23. The zero-order valence-corrected chi connectivity index (χ0v) is 16.6. The molecule has 2 aromatic heterocycles. The number of thioether (sulfide) groups is 1. The van der Waals surface area contributed by atoms with Crippen molar-refractivity contribution in [2.24, 2.45) is 0 Å². The Morgan fingerprint density at radius 1 is 1.15 bits per heavy atom. The van der Waals surface area contributed by atoms with Crippen LogP contribution < -0.4 is 10.2 Å². The predicted octanol–water partition coefficient (Wildman–Crippen LogP) is 3.62. The molecule has 0 aromatic carbocycles. The van der Waals surface area contributed by atoms with E-state index in [1.165, 1.54) is 50.3 Å². The third kappa shape index (κ3) is 4.28. The first kappa shape index (κ1) is 18.0. The number of carbonyl (C=O) groups excluding carboxylic acids is 1. The summed E-state index contributed by atoms with van der Waals surface area (Å²) in [4.78, 5) is 28.1. The van der Waals surface area contributed by atoms with Crippen LogP contribution in [0.1, 0.15) is 51.4 Å². The molecule has 1 saturated heterocycles. The van der Waals surface area contributed by atoms with Gasteiger partial charge in [0.05, 0.1) is 5.75 Å². The summed E-state index contributed by atoms with van der Waals surface area (Å²) in [5.41, 5.74) is 0.753. The molecule has 1 aliphatic carbocycles. The van der Waals surface area contributed by atoms with Crippen LogP contribution in [0.25, 0.3) is 10.3 Å². The summed E-state index contributed by atoms with van der Waals surface area (Å²) in [6, 6.07) is 0.367. The van der Waals surface area contributed by atoms with Crippen molar-refractivity contribution in [3.05, 3.63) is 6.33 Å². The van der Waals surface area contributed by atoms with Gasteiger partial charge in [-0.1, -0.05) is 48.8 Å². The Labute approximate surface area is 162 Å². The molecule has 8 heteroatoms. The van der Waals surface area contributed by atoms with Crippen LogP contribution in [0.2, 0.25) is 0 Å². The van der Waals surface area contributed by atoms with E-state index < -0.39 is 0 Å². The molecule has 0 bridgehead atoms. The van der Waals surface area contributed by atoms with Gasteiger partial charge >= 0.3 is 0 Å². The number of aromatic nitrogens is 3. The molecule has 1 saturated carbocycles. The highest BCUT2D eigenvalue weighted by Crippen LogP contribution is 2.34. The van der Waals surface area contributed by atoms with Crippen molar-refractivity contribution < 1.29 is 4.79 Å². The molecular formula is C18H25N5OS2. The lowest BCUT2D eigenvalue weighted by Gasteiger charge is -2.18. The number of hydrogen-bond donors (Lipinski definition) is 1. The molecule has 6 nitrogen and oxygen atoms in total. The van der Waals surface area contributed by atoms with E-state index in [0.29, 0.717) is 11.8 Å². The van der Waals surface area contributed by atoms with E-state index in [2.05, 4.69) is 20.2 Å². The van der Waals surface area contributed by atoms with Crippen LogP contribution in [0.5, 0.6) is 0 Å². The van der Waals surface area contributed by atoms with Crippen molar-refractivity contribution >= 4 is 44.5 Å². The third-order valence-electron chi connectivity index (χ3n) is 5.08. The molecule has 0 radical (unpaired) electrons. The van der Waals surface area contributed by atoms with Gasteiger partial charge in [0.25, 0.3) is 0 Å². The summed E-state index contributed by atoms with van der Waals surface area (Å²) < 4.78 is 1.01. The van der Waals surface area contributed by atoms with Crippen LogP contribution in [0.15, 0.2) is 11.4 Å². The molecule has 2 fully saturated rings. The molecule has 2 aromatic rings. The SMILES string of the molecule is O=C(CSc1ncnc2nc(N3CCCCCC3)sc12)NC1CCCC1. The van der Waals surface area contributed by atoms with Gasteiger partial charge in [0.2, 0.25) is 5.91 Å². The Hall–Kier alpha value is -1.41. The number of amides is 1. The highest BCUT2D eigenvalue weighted by Gasteiger charge is 2.19. The van der Waals surface area contributed by atoms with Crippen molar-refractivity contribution in [3.63, 3.8) is 0 Å². The number of carbonyl (C=O) groups is 1. The van der Waals surface area contributed by atoms with Crippen LogP contribution in [-0.4, -0.2) is 45.7 Å². The maximum Gasteiger partial charge on any atom is 0.230 e. The van der Waals surface area contributed by atoms with Gasteiger partial charge in [0.1, 0.15) is 16.1 Å². The minimum Gasteiger partial charge on any atom is -0.353 e. The van der Waals surface area contributed by atoms with Gasteiger partial charge in [0, 0.05) is 19.1 Å². The molecule has 1 aliphatic heterocycles. The largest absolute Gasteiger partial charge is 0.353 e. The molecular weight excluding hydrogens is 366 g/mol. The molecule has 1 amide bonds. The normalized spacial score (nSPS) is 19.0. The van der Waals surface area contributed by atoms with Crippen molar-refractivity contribution in [3.8, 4) is 0 Å². The Bertz CT molecular complexity index is 751. The summed E-state index contributed by atoms with van der Waals surface area (Å²) >= 11 is 3.16. The summed E-state index contributed by atoms with van der Waals surface area (Å²) in [6.45, 7) is 2.14. The van der Waals surface area contributed by atoms with Gasteiger partial charge < -0.3 is 10.2 Å². The van der Waals surface area contributed by atoms with Crippen molar-refractivity contribution in [2.75, 3.05) is 23.7 Å². The Morgan fingerprint density at radius 2 is 1.92 bits per heavy atom. The standard InChI is InChI=1S/C18H25N5OS2/c24-14(21-13-7-3-4-8-13)11-25-17-15-16(19-12-20-17)22-18(26-15)23-9-5-1-2-6-10-23/h12-13H,1-11H2,(H,21,24). The van der Waals surface area contributed by atoms with Crippen LogP contribution in [-0.2, 0) is 4.79 Å². The van der Waals surface area contributed by atoms with Gasteiger partial charge in [-0.25, -0.2) is 9.97 Å².